The van der Waals surface area contributed by atoms with Crippen LogP contribution in [0.4, 0.5) is 5.69 Å². The lowest BCUT2D eigenvalue weighted by molar-refractivity contribution is 0.0663. The number of rotatable bonds is 6. The Balaban J connectivity index is 0.00000171. The van der Waals surface area contributed by atoms with Gasteiger partial charge < -0.3 is 14.7 Å². The third-order valence-electron chi connectivity index (χ3n) is 5.52. The maximum Gasteiger partial charge on any atom is 0.120 e. The number of aryl methyl sites for hydroxylation is 1. The molecule has 3 aromatic carbocycles. The fourth-order valence-electron chi connectivity index (χ4n) is 3.89. The molecule has 0 bridgehead atoms. The maximum atomic E-state index is 10.4. The van der Waals surface area contributed by atoms with E-state index in [-0.39, 0.29) is 24.8 Å². The molecule has 0 aromatic heterocycles. The highest BCUT2D eigenvalue weighted by molar-refractivity contribution is 6.30. The number of hydrogen-bond acceptors (Lipinski definition) is 4. The summed E-state index contributed by atoms with van der Waals surface area (Å²) >= 11 is 6.17. The summed E-state index contributed by atoms with van der Waals surface area (Å²) in [6.07, 6.45) is -0.513. The third-order valence-corrected chi connectivity index (χ3v) is 5.75. The van der Waals surface area contributed by atoms with Crippen molar-refractivity contribution in [1.82, 2.24) is 4.90 Å². The fraction of sp³-hybridized carbons (Fsp3) is 0.333. The second kappa shape index (κ2) is 11.8. The highest BCUT2D eigenvalue weighted by Gasteiger charge is 2.21. The van der Waals surface area contributed by atoms with Crippen LogP contribution < -0.4 is 9.64 Å². The number of hydrogen-bond donors (Lipinski definition) is 1. The molecule has 1 unspecified atom stereocenters. The lowest BCUT2D eigenvalue weighted by Gasteiger charge is -2.37. The number of β-amino-alcohol motifs (C(OH)–C–C–N with tert-alkyl or cyclic N) is 1. The van der Waals surface area contributed by atoms with Gasteiger partial charge in [0.2, 0.25) is 0 Å². The lowest BCUT2D eigenvalue weighted by atomic mass is 10.1. The lowest BCUT2D eigenvalue weighted by Crippen LogP contribution is -2.49. The van der Waals surface area contributed by atoms with E-state index in [2.05, 4.69) is 34.9 Å². The minimum atomic E-state index is -0.513. The van der Waals surface area contributed by atoms with Crippen LogP contribution in [-0.2, 0) is 0 Å². The molecule has 0 aliphatic carbocycles. The van der Waals surface area contributed by atoms with Gasteiger partial charge in [0.15, 0.2) is 0 Å². The average molecular weight is 484 g/mol. The van der Waals surface area contributed by atoms with Gasteiger partial charge >= 0.3 is 0 Å². The molecule has 168 valence electrons. The average Bonchev–Trinajstić information content (AvgIpc) is 2.74. The summed E-state index contributed by atoms with van der Waals surface area (Å²) in [5.74, 6) is 0.795. The fourth-order valence-corrected chi connectivity index (χ4v) is 4.06. The van der Waals surface area contributed by atoms with Gasteiger partial charge in [-0.15, -0.1) is 24.8 Å². The highest BCUT2D eigenvalue weighted by Crippen LogP contribution is 2.25. The summed E-state index contributed by atoms with van der Waals surface area (Å²) in [5.41, 5.74) is 2.45. The topological polar surface area (TPSA) is 35.9 Å². The number of ether oxygens (including phenoxy) is 1. The minimum Gasteiger partial charge on any atom is -0.491 e. The van der Waals surface area contributed by atoms with Crippen LogP contribution in [0.15, 0.2) is 60.7 Å². The van der Waals surface area contributed by atoms with E-state index in [0.29, 0.717) is 13.2 Å². The van der Waals surface area contributed by atoms with Crippen molar-refractivity contribution in [2.24, 2.45) is 0 Å². The predicted octanol–water partition coefficient (Wildman–Crippen LogP) is 5.21. The molecule has 0 spiro atoms. The van der Waals surface area contributed by atoms with Gasteiger partial charge in [0.25, 0.3) is 0 Å². The summed E-state index contributed by atoms with van der Waals surface area (Å²) in [4.78, 5) is 4.67. The molecule has 1 atom stereocenters. The van der Waals surface area contributed by atoms with Crippen LogP contribution in [0.2, 0.25) is 5.02 Å². The van der Waals surface area contributed by atoms with Gasteiger partial charge in [0.1, 0.15) is 18.5 Å². The zero-order chi connectivity index (χ0) is 20.2. The summed E-state index contributed by atoms with van der Waals surface area (Å²) in [7, 11) is 0. The molecule has 1 fully saturated rings. The van der Waals surface area contributed by atoms with Gasteiger partial charge in [-0.1, -0.05) is 48.0 Å². The van der Waals surface area contributed by atoms with Crippen molar-refractivity contribution in [3.63, 3.8) is 0 Å². The van der Waals surface area contributed by atoms with Crippen LogP contribution in [-0.4, -0.2) is 55.4 Å². The van der Waals surface area contributed by atoms with Gasteiger partial charge in [-0.2, -0.15) is 0 Å². The molecule has 3 aromatic rings. The Morgan fingerprint density at radius 2 is 1.65 bits per heavy atom. The van der Waals surface area contributed by atoms with E-state index in [4.69, 9.17) is 16.3 Å². The molecular formula is C24H29Cl3N2O2. The van der Waals surface area contributed by atoms with Gasteiger partial charge in [-0.3, -0.25) is 4.90 Å². The highest BCUT2D eigenvalue weighted by atomic mass is 35.5. The summed E-state index contributed by atoms with van der Waals surface area (Å²) in [6, 6.07) is 20.3. The molecule has 1 N–H and O–H groups in total. The van der Waals surface area contributed by atoms with E-state index in [0.717, 1.165) is 42.3 Å². The minimum absolute atomic E-state index is 0. The first-order chi connectivity index (χ1) is 14.1. The number of anilines is 1. The largest absolute Gasteiger partial charge is 0.491 e. The Hall–Kier alpha value is -1.69. The Morgan fingerprint density at radius 3 is 2.39 bits per heavy atom. The Morgan fingerprint density at radius 1 is 0.935 bits per heavy atom. The molecule has 1 aliphatic heterocycles. The predicted molar refractivity (Wildman–Crippen MR) is 135 cm³/mol. The van der Waals surface area contributed by atoms with Crippen molar-refractivity contribution in [1.29, 1.82) is 0 Å². The quantitative estimate of drug-likeness (QED) is 0.522. The molecule has 1 aliphatic rings. The van der Waals surface area contributed by atoms with Crippen molar-refractivity contribution in [3.8, 4) is 5.75 Å². The van der Waals surface area contributed by atoms with E-state index in [1.807, 2.05) is 42.5 Å². The van der Waals surface area contributed by atoms with E-state index < -0.39 is 6.10 Å². The number of fused-ring (bicyclic) bond motifs is 1. The van der Waals surface area contributed by atoms with E-state index in [1.54, 1.807) is 0 Å². The monoisotopic (exact) mass is 482 g/mol. The number of aliphatic hydroxyl groups is 1. The van der Waals surface area contributed by atoms with Crippen molar-refractivity contribution in [2.45, 2.75) is 13.0 Å². The zero-order valence-corrected chi connectivity index (χ0v) is 19.9. The summed E-state index contributed by atoms with van der Waals surface area (Å²) < 4.78 is 5.84. The van der Waals surface area contributed by atoms with E-state index in [1.165, 1.54) is 16.6 Å². The number of aliphatic hydroxyl groups excluding tert-OH is 1. The number of nitrogens with zero attached hydrogens (tertiary/aromatic N) is 2. The first kappa shape index (κ1) is 25.6. The molecule has 1 heterocycles. The first-order valence-electron chi connectivity index (χ1n) is 10.1. The molecule has 0 saturated carbocycles. The van der Waals surface area contributed by atoms with Gasteiger partial charge in [-0.25, -0.2) is 0 Å². The van der Waals surface area contributed by atoms with Crippen LogP contribution in [0.25, 0.3) is 10.8 Å². The van der Waals surface area contributed by atoms with Crippen LogP contribution in [0.3, 0.4) is 0 Å². The van der Waals surface area contributed by atoms with Crippen molar-refractivity contribution < 1.29 is 9.84 Å². The summed E-state index contributed by atoms with van der Waals surface area (Å²) in [6.45, 7) is 6.73. The number of benzene rings is 3. The number of halogens is 3. The Bertz CT molecular complexity index is 978. The Kier molecular flexibility index (Phi) is 9.73. The molecule has 31 heavy (non-hydrogen) atoms. The normalized spacial score (nSPS) is 15.1. The third kappa shape index (κ3) is 6.64. The molecule has 7 heteroatoms. The maximum absolute atomic E-state index is 10.4. The molecular weight excluding hydrogens is 455 g/mol. The smallest absolute Gasteiger partial charge is 0.120 e. The number of piperazine rings is 1. The molecule has 4 nitrogen and oxygen atoms in total. The second-order valence-corrected chi connectivity index (χ2v) is 8.13. The first-order valence-corrected chi connectivity index (χ1v) is 10.5. The van der Waals surface area contributed by atoms with E-state index in [9.17, 15) is 5.11 Å². The van der Waals surface area contributed by atoms with Crippen molar-refractivity contribution in [2.75, 3.05) is 44.2 Å². The van der Waals surface area contributed by atoms with E-state index >= 15 is 0 Å². The van der Waals surface area contributed by atoms with Crippen LogP contribution >= 0.6 is 36.4 Å². The van der Waals surface area contributed by atoms with Crippen molar-refractivity contribution >= 4 is 52.9 Å². The summed E-state index contributed by atoms with van der Waals surface area (Å²) in [5, 5.41) is 13.5. The van der Waals surface area contributed by atoms with Crippen LogP contribution in [0.1, 0.15) is 5.56 Å². The second-order valence-electron chi connectivity index (χ2n) is 7.69. The van der Waals surface area contributed by atoms with Crippen molar-refractivity contribution in [3.05, 3.63) is 71.2 Å². The standard InChI is InChI=1S/C24H27ClN2O2.2ClH/c1-18-6-8-21(25)15-24(18)27-12-10-26(11-13-27)16-22(28)17-29-23-9-7-19-4-2-3-5-20(19)14-23;;/h2-9,14-15,22,28H,10-13,16-17H2,1H3;2*1H. The molecule has 0 radical (unpaired) electrons. The molecule has 1 saturated heterocycles. The van der Waals surface area contributed by atoms with Crippen LogP contribution in [0, 0.1) is 6.92 Å². The molecule has 4 rings (SSSR count). The SMILES string of the molecule is Cc1ccc(Cl)cc1N1CCN(CC(O)COc2ccc3ccccc3c2)CC1.Cl.Cl. The van der Waals surface area contributed by atoms with Gasteiger partial charge in [0, 0.05) is 43.4 Å². The molecule has 0 amide bonds. The zero-order valence-electron chi connectivity index (χ0n) is 17.5. The Labute approximate surface area is 201 Å². The van der Waals surface area contributed by atoms with Gasteiger partial charge in [0.05, 0.1) is 0 Å². The van der Waals surface area contributed by atoms with Gasteiger partial charge in [-0.05, 0) is 47.5 Å². The van der Waals surface area contributed by atoms with Crippen LogP contribution in [0.5, 0.6) is 5.75 Å².